The smallest absolute Gasteiger partial charge is 0.326 e. The van der Waals surface area contributed by atoms with Gasteiger partial charge in [0.05, 0.1) is 34.6 Å². The molecule has 0 aromatic heterocycles. The van der Waals surface area contributed by atoms with Crippen molar-refractivity contribution >= 4 is 58.3 Å². The number of nitrogens with two attached hydrogens (primary N) is 1. The van der Waals surface area contributed by atoms with Crippen molar-refractivity contribution < 1.29 is 24.3 Å². The number of carboxylic acid groups (broad SMARTS) is 1. The maximum absolute atomic E-state index is 12.6. The van der Waals surface area contributed by atoms with Crippen LogP contribution in [0.4, 0.5) is 11.4 Å². The predicted molar refractivity (Wildman–Crippen MR) is 145 cm³/mol. The van der Waals surface area contributed by atoms with Gasteiger partial charge in [0.15, 0.2) is 0 Å². The van der Waals surface area contributed by atoms with Crippen molar-refractivity contribution in [3.8, 4) is 0 Å². The van der Waals surface area contributed by atoms with Crippen LogP contribution in [0.3, 0.4) is 0 Å². The zero-order valence-corrected chi connectivity index (χ0v) is 21.6. The normalized spacial score (nSPS) is 12.2. The van der Waals surface area contributed by atoms with E-state index in [0.29, 0.717) is 32.5 Å². The molecule has 3 aromatic rings. The first-order valence-electron chi connectivity index (χ1n) is 11.6. The molecule has 0 saturated heterocycles. The molecule has 9 nitrogen and oxygen atoms in total. The van der Waals surface area contributed by atoms with Gasteiger partial charge in [-0.3, -0.25) is 19.7 Å². The second-order valence-electron chi connectivity index (χ2n) is 8.43. The third-order valence-corrected chi connectivity index (χ3v) is 6.14. The molecule has 6 N–H and O–H groups in total. The number of amides is 3. The van der Waals surface area contributed by atoms with E-state index in [0.717, 1.165) is 0 Å². The fourth-order valence-corrected chi connectivity index (χ4v) is 4.09. The zero-order chi connectivity index (χ0) is 27.7. The van der Waals surface area contributed by atoms with E-state index in [4.69, 9.17) is 28.9 Å². The number of hydrogen-bond donors (Lipinski definition) is 5. The standard InChI is InChI=1S/C27H26Cl2N4O5/c28-18-10-6-11-19(29)25(18)31-21-12-5-4-9-17(21)14-23(34)33-24(35)15-20(30)26(36)32-22(27(37)38)13-16-7-2-1-3-8-16/h1-12,20,22,31H,13-15,30H2,(H,32,36)(H,37,38)(H,33,34,35)/t20-,22-/m0/s1. The quantitative estimate of drug-likeness (QED) is 0.242. The Labute approximate surface area is 229 Å². The Morgan fingerprint density at radius 1 is 0.842 bits per heavy atom. The lowest BCUT2D eigenvalue weighted by Gasteiger charge is -2.18. The lowest BCUT2D eigenvalue weighted by molar-refractivity contribution is -0.142. The fraction of sp³-hybridized carbons (Fsp3) is 0.185. The van der Waals surface area contributed by atoms with Crippen LogP contribution in [0.2, 0.25) is 10.0 Å². The number of rotatable bonds is 11. The number of anilines is 2. The van der Waals surface area contributed by atoms with Crippen LogP contribution in [-0.4, -0.2) is 40.9 Å². The summed E-state index contributed by atoms with van der Waals surface area (Å²) in [6, 6.07) is 18.2. The first-order chi connectivity index (χ1) is 18.1. The van der Waals surface area contributed by atoms with Crippen LogP contribution >= 0.6 is 23.2 Å². The molecular formula is C27H26Cl2N4O5. The maximum atomic E-state index is 12.6. The van der Waals surface area contributed by atoms with E-state index in [9.17, 15) is 24.3 Å². The summed E-state index contributed by atoms with van der Waals surface area (Å²) in [6.07, 6.45) is -0.618. The van der Waals surface area contributed by atoms with E-state index < -0.39 is 42.2 Å². The van der Waals surface area contributed by atoms with Gasteiger partial charge in [-0.05, 0) is 29.3 Å². The highest BCUT2D eigenvalue weighted by Crippen LogP contribution is 2.33. The number of aliphatic carboxylic acids is 1. The number of carboxylic acids is 1. The molecule has 3 amide bonds. The number of imide groups is 1. The van der Waals surface area contributed by atoms with Crippen molar-refractivity contribution in [1.29, 1.82) is 0 Å². The number of carbonyl (C=O) groups excluding carboxylic acids is 3. The molecule has 3 rings (SSSR count). The molecule has 0 spiro atoms. The van der Waals surface area contributed by atoms with Crippen molar-refractivity contribution in [2.45, 2.75) is 31.3 Å². The second kappa shape index (κ2) is 13.6. The van der Waals surface area contributed by atoms with E-state index in [1.807, 2.05) is 0 Å². The number of nitrogens with one attached hydrogen (secondary N) is 3. The van der Waals surface area contributed by atoms with E-state index in [1.54, 1.807) is 72.8 Å². The third-order valence-electron chi connectivity index (χ3n) is 5.51. The highest BCUT2D eigenvalue weighted by atomic mass is 35.5. The highest BCUT2D eigenvalue weighted by molar-refractivity contribution is 6.39. The molecule has 11 heteroatoms. The summed E-state index contributed by atoms with van der Waals surface area (Å²) in [6.45, 7) is 0. The number of halogens is 2. The fourth-order valence-electron chi connectivity index (χ4n) is 3.59. The van der Waals surface area contributed by atoms with E-state index in [-0.39, 0.29) is 12.8 Å². The van der Waals surface area contributed by atoms with Crippen LogP contribution in [0.5, 0.6) is 0 Å². The first-order valence-corrected chi connectivity index (χ1v) is 12.3. The molecule has 0 aliphatic carbocycles. The van der Waals surface area contributed by atoms with Crippen molar-refractivity contribution in [3.05, 3.63) is 94.0 Å². The number of carbonyl (C=O) groups is 4. The average molecular weight is 557 g/mol. The molecular weight excluding hydrogens is 531 g/mol. The van der Waals surface area contributed by atoms with Gasteiger partial charge in [-0.1, -0.05) is 77.8 Å². The molecule has 0 bridgehead atoms. The Bertz CT molecular complexity index is 1300. The summed E-state index contributed by atoms with van der Waals surface area (Å²) in [5.74, 6) is -3.44. The maximum Gasteiger partial charge on any atom is 0.326 e. The second-order valence-corrected chi connectivity index (χ2v) is 9.24. The molecule has 3 aromatic carbocycles. The molecule has 0 radical (unpaired) electrons. The topological polar surface area (TPSA) is 151 Å². The van der Waals surface area contributed by atoms with Gasteiger partial charge in [0, 0.05) is 12.1 Å². The van der Waals surface area contributed by atoms with Crippen LogP contribution < -0.4 is 21.7 Å². The molecule has 198 valence electrons. The van der Waals surface area contributed by atoms with Crippen molar-refractivity contribution in [1.82, 2.24) is 10.6 Å². The van der Waals surface area contributed by atoms with E-state index >= 15 is 0 Å². The lowest BCUT2D eigenvalue weighted by Crippen LogP contribution is -2.50. The van der Waals surface area contributed by atoms with Crippen LogP contribution in [0.25, 0.3) is 0 Å². The van der Waals surface area contributed by atoms with Crippen LogP contribution in [-0.2, 0) is 32.0 Å². The largest absolute Gasteiger partial charge is 0.480 e. The summed E-state index contributed by atoms with van der Waals surface area (Å²) in [4.78, 5) is 49.0. The first kappa shape index (κ1) is 28.6. The van der Waals surface area contributed by atoms with Crippen LogP contribution in [0.1, 0.15) is 17.5 Å². The van der Waals surface area contributed by atoms with Gasteiger partial charge in [0.25, 0.3) is 0 Å². The van der Waals surface area contributed by atoms with Crippen LogP contribution in [0.15, 0.2) is 72.8 Å². The van der Waals surface area contributed by atoms with Gasteiger partial charge < -0.3 is 21.5 Å². The van der Waals surface area contributed by atoms with Gasteiger partial charge >= 0.3 is 5.97 Å². The minimum absolute atomic E-state index is 0.0478. The Morgan fingerprint density at radius 2 is 1.47 bits per heavy atom. The summed E-state index contributed by atoms with van der Waals surface area (Å²) in [5.41, 5.74) is 8.14. The molecule has 2 atom stereocenters. The predicted octanol–water partition coefficient (Wildman–Crippen LogP) is 3.45. The van der Waals surface area contributed by atoms with Gasteiger partial charge in [0.1, 0.15) is 6.04 Å². The summed E-state index contributed by atoms with van der Waals surface area (Å²) < 4.78 is 0. The van der Waals surface area contributed by atoms with E-state index in [2.05, 4.69) is 16.0 Å². The summed E-state index contributed by atoms with van der Waals surface area (Å²) >= 11 is 12.4. The van der Waals surface area contributed by atoms with Gasteiger partial charge in [-0.25, -0.2) is 4.79 Å². The SMILES string of the molecule is N[C@@H](CC(=O)NC(=O)Cc1ccccc1Nc1c(Cl)cccc1Cl)C(=O)N[C@@H](Cc1ccccc1)C(=O)O. The average Bonchev–Trinajstić information content (AvgIpc) is 2.87. The number of benzene rings is 3. The molecule has 0 fully saturated rings. The van der Waals surface area contributed by atoms with Crippen molar-refractivity contribution in [2.24, 2.45) is 5.73 Å². The third kappa shape index (κ3) is 8.31. The minimum atomic E-state index is -1.35. The highest BCUT2D eigenvalue weighted by Gasteiger charge is 2.25. The summed E-state index contributed by atoms with van der Waals surface area (Å²) in [5, 5.41) is 17.9. The lowest BCUT2D eigenvalue weighted by atomic mass is 10.1. The van der Waals surface area contributed by atoms with Gasteiger partial charge in [0.2, 0.25) is 17.7 Å². The molecule has 0 unspecified atom stereocenters. The Kier molecular flexibility index (Phi) is 10.2. The summed E-state index contributed by atoms with van der Waals surface area (Å²) in [7, 11) is 0. The van der Waals surface area contributed by atoms with Crippen LogP contribution in [0, 0.1) is 0 Å². The molecule has 0 aliphatic rings. The number of hydrogen-bond acceptors (Lipinski definition) is 6. The zero-order valence-electron chi connectivity index (χ0n) is 20.1. The Balaban J connectivity index is 1.55. The van der Waals surface area contributed by atoms with Gasteiger partial charge in [-0.2, -0.15) is 0 Å². The van der Waals surface area contributed by atoms with Gasteiger partial charge in [-0.15, -0.1) is 0 Å². The monoisotopic (exact) mass is 556 g/mol. The number of para-hydroxylation sites is 2. The van der Waals surface area contributed by atoms with E-state index in [1.165, 1.54) is 0 Å². The minimum Gasteiger partial charge on any atom is -0.480 e. The van der Waals surface area contributed by atoms with Crippen molar-refractivity contribution in [2.75, 3.05) is 5.32 Å². The molecule has 0 aliphatic heterocycles. The van der Waals surface area contributed by atoms with Crippen molar-refractivity contribution in [3.63, 3.8) is 0 Å². The molecule has 0 saturated carbocycles. The molecule has 38 heavy (non-hydrogen) atoms. The Hall–Kier alpha value is -3.92. The Morgan fingerprint density at radius 3 is 2.13 bits per heavy atom. The molecule has 0 heterocycles.